The van der Waals surface area contributed by atoms with Crippen LogP contribution < -0.4 is 11.1 Å². The third-order valence-electron chi connectivity index (χ3n) is 3.61. The Hall–Kier alpha value is -0.120. The Morgan fingerprint density at radius 1 is 1.42 bits per heavy atom. The summed E-state index contributed by atoms with van der Waals surface area (Å²) >= 11 is 0. The van der Waals surface area contributed by atoms with Gasteiger partial charge in [0.2, 0.25) is 0 Å². The fourth-order valence-electron chi connectivity index (χ4n) is 2.44. The van der Waals surface area contributed by atoms with Gasteiger partial charge in [0.1, 0.15) is 0 Å². The van der Waals surface area contributed by atoms with Crippen LogP contribution >= 0.6 is 0 Å². The fourth-order valence-corrected chi connectivity index (χ4v) is 2.44. The Morgan fingerprint density at radius 2 is 2.08 bits per heavy atom. The maximum absolute atomic E-state index is 6.11. The lowest BCUT2D eigenvalue weighted by atomic mass is 9.75. The van der Waals surface area contributed by atoms with Crippen molar-refractivity contribution in [3.05, 3.63) is 0 Å². The summed E-state index contributed by atoms with van der Waals surface area (Å²) in [6.45, 7) is 4.59. The molecule has 2 fully saturated rings. The predicted molar refractivity (Wildman–Crippen MR) is 50.0 cm³/mol. The first-order valence-corrected chi connectivity index (χ1v) is 4.88. The molecular formula is C9H19N3. The van der Waals surface area contributed by atoms with E-state index in [4.69, 9.17) is 5.73 Å². The van der Waals surface area contributed by atoms with Crippen molar-refractivity contribution >= 4 is 0 Å². The first-order valence-electron chi connectivity index (χ1n) is 4.88. The minimum atomic E-state index is 0.395. The number of piperidine rings is 1. The van der Waals surface area contributed by atoms with Crippen molar-refractivity contribution < 1.29 is 0 Å². The summed E-state index contributed by atoms with van der Waals surface area (Å²) in [7, 11) is 2.20. The maximum atomic E-state index is 6.11. The molecule has 0 radical (unpaired) electrons. The molecule has 3 N–H and O–H groups in total. The van der Waals surface area contributed by atoms with Gasteiger partial charge in [-0.15, -0.1) is 0 Å². The summed E-state index contributed by atoms with van der Waals surface area (Å²) in [4.78, 5) is 2.40. The standard InChI is InChI=1S/C9H19N3/c1-12-4-2-9(3-5-12)7-11-6-8(9)10/h8,11H,2-7,10H2,1H3. The molecule has 70 valence electrons. The van der Waals surface area contributed by atoms with Gasteiger partial charge in [-0.25, -0.2) is 0 Å². The molecule has 0 bridgehead atoms. The average Bonchev–Trinajstić information content (AvgIpc) is 2.41. The summed E-state index contributed by atoms with van der Waals surface area (Å²) in [5.74, 6) is 0. The molecule has 0 aromatic heterocycles. The van der Waals surface area contributed by atoms with Gasteiger partial charge in [-0.05, 0) is 33.0 Å². The Bertz CT molecular complexity index is 161. The van der Waals surface area contributed by atoms with Crippen molar-refractivity contribution in [1.82, 2.24) is 10.2 Å². The van der Waals surface area contributed by atoms with Gasteiger partial charge in [0, 0.05) is 24.5 Å². The van der Waals surface area contributed by atoms with Crippen LogP contribution in [0.1, 0.15) is 12.8 Å². The normalized spacial score (nSPS) is 36.0. The van der Waals surface area contributed by atoms with Crippen molar-refractivity contribution in [2.24, 2.45) is 11.1 Å². The lowest BCUT2D eigenvalue weighted by Crippen LogP contribution is -2.48. The molecule has 12 heavy (non-hydrogen) atoms. The van der Waals surface area contributed by atoms with Crippen molar-refractivity contribution in [3.63, 3.8) is 0 Å². The zero-order valence-electron chi connectivity index (χ0n) is 7.84. The molecular weight excluding hydrogens is 150 g/mol. The van der Waals surface area contributed by atoms with Crippen LogP contribution in [0.2, 0.25) is 0 Å². The highest BCUT2D eigenvalue weighted by Crippen LogP contribution is 2.35. The molecule has 2 saturated heterocycles. The summed E-state index contributed by atoms with van der Waals surface area (Å²) < 4.78 is 0. The lowest BCUT2D eigenvalue weighted by Gasteiger charge is -2.40. The largest absolute Gasteiger partial charge is 0.326 e. The Kier molecular flexibility index (Phi) is 2.10. The minimum absolute atomic E-state index is 0.395. The zero-order chi connectivity index (χ0) is 8.60. The smallest absolute Gasteiger partial charge is 0.0235 e. The van der Waals surface area contributed by atoms with Crippen LogP contribution in [0.4, 0.5) is 0 Å². The first-order chi connectivity index (χ1) is 5.73. The van der Waals surface area contributed by atoms with Gasteiger partial charge in [0.05, 0.1) is 0 Å². The number of hydrogen-bond donors (Lipinski definition) is 2. The SMILES string of the molecule is CN1CCC2(CC1)CNCC2N. The first kappa shape index (κ1) is 8.48. The van der Waals surface area contributed by atoms with Gasteiger partial charge in [0.25, 0.3) is 0 Å². The van der Waals surface area contributed by atoms with Crippen LogP contribution in [0, 0.1) is 5.41 Å². The van der Waals surface area contributed by atoms with Crippen molar-refractivity contribution in [3.8, 4) is 0 Å². The second-order valence-electron chi connectivity index (χ2n) is 4.40. The van der Waals surface area contributed by atoms with Crippen LogP contribution in [0.25, 0.3) is 0 Å². The van der Waals surface area contributed by atoms with E-state index >= 15 is 0 Å². The molecule has 2 aliphatic rings. The van der Waals surface area contributed by atoms with Crippen LogP contribution in [0.15, 0.2) is 0 Å². The summed E-state index contributed by atoms with van der Waals surface area (Å²) in [6, 6.07) is 0.395. The van der Waals surface area contributed by atoms with Gasteiger partial charge in [0.15, 0.2) is 0 Å². The third-order valence-corrected chi connectivity index (χ3v) is 3.61. The van der Waals surface area contributed by atoms with E-state index in [0.29, 0.717) is 11.5 Å². The summed E-state index contributed by atoms with van der Waals surface area (Å²) in [5, 5.41) is 3.40. The van der Waals surface area contributed by atoms with Gasteiger partial charge in [-0.2, -0.15) is 0 Å². The minimum Gasteiger partial charge on any atom is -0.326 e. The van der Waals surface area contributed by atoms with E-state index in [1.807, 2.05) is 0 Å². The van der Waals surface area contributed by atoms with Crippen LogP contribution in [0.3, 0.4) is 0 Å². The Morgan fingerprint density at radius 3 is 2.58 bits per heavy atom. The summed E-state index contributed by atoms with van der Waals surface area (Å²) in [5.41, 5.74) is 6.55. The molecule has 0 aromatic carbocycles. The number of nitrogens with one attached hydrogen (secondary N) is 1. The van der Waals surface area contributed by atoms with E-state index in [9.17, 15) is 0 Å². The second-order valence-corrected chi connectivity index (χ2v) is 4.40. The zero-order valence-corrected chi connectivity index (χ0v) is 7.84. The number of hydrogen-bond acceptors (Lipinski definition) is 3. The molecule has 0 saturated carbocycles. The van der Waals surface area contributed by atoms with Crippen LogP contribution in [0.5, 0.6) is 0 Å². The van der Waals surface area contributed by atoms with Crippen molar-refractivity contribution in [2.45, 2.75) is 18.9 Å². The molecule has 2 aliphatic heterocycles. The van der Waals surface area contributed by atoms with Crippen LogP contribution in [-0.2, 0) is 0 Å². The van der Waals surface area contributed by atoms with Crippen molar-refractivity contribution in [2.75, 3.05) is 33.2 Å². The highest BCUT2D eigenvalue weighted by Gasteiger charge is 2.42. The molecule has 1 spiro atoms. The predicted octanol–water partition coefficient (Wildman–Crippen LogP) is -0.371. The van der Waals surface area contributed by atoms with E-state index in [1.54, 1.807) is 0 Å². The highest BCUT2D eigenvalue weighted by molar-refractivity contribution is 5.00. The van der Waals surface area contributed by atoms with Gasteiger partial charge < -0.3 is 16.0 Å². The molecule has 1 unspecified atom stereocenters. The third kappa shape index (κ3) is 1.26. The highest BCUT2D eigenvalue weighted by atomic mass is 15.1. The number of likely N-dealkylation sites (tertiary alicyclic amines) is 1. The van der Waals surface area contributed by atoms with E-state index in [2.05, 4.69) is 17.3 Å². The molecule has 0 aliphatic carbocycles. The number of rotatable bonds is 0. The average molecular weight is 169 g/mol. The van der Waals surface area contributed by atoms with Gasteiger partial charge in [-0.3, -0.25) is 0 Å². The maximum Gasteiger partial charge on any atom is 0.0235 e. The molecule has 0 aromatic rings. The van der Waals surface area contributed by atoms with E-state index in [-0.39, 0.29) is 0 Å². The molecule has 2 heterocycles. The quantitative estimate of drug-likeness (QED) is 0.520. The molecule has 3 heteroatoms. The molecule has 1 atom stereocenters. The molecule has 0 amide bonds. The van der Waals surface area contributed by atoms with Crippen molar-refractivity contribution in [1.29, 1.82) is 0 Å². The summed E-state index contributed by atoms with van der Waals surface area (Å²) in [6.07, 6.45) is 2.55. The topological polar surface area (TPSA) is 41.3 Å². The Balaban J connectivity index is 2.02. The van der Waals surface area contributed by atoms with E-state index in [1.165, 1.54) is 25.9 Å². The van der Waals surface area contributed by atoms with Crippen LogP contribution in [-0.4, -0.2) is 44.2 Å². The number of nitrogens with zero attached hydrogens (tertiary/aromatic N) is 1. The van der Waals surface area contributed by atoms with Gasteiger partial charge >= 0.3 is 0 Å². The lowest BCUT2D eigenvalue weighted by molar-refractivity contribution is 0.125. The number of nitrogens with two attached hydrogens (primary N) is 1. The van der Waals surface area contributed by atoms with E-state index < -0.39 is 0 Å². The van der Waals surface area contributed by atoms with Gasteiger partial charge in [-0.1, -0.05) is 0 Å². The molecule has 2 rings (SSSR count). The Labute approximate surface area is 74.3 Å². The monoisotopic (exact) mass is 169 g/mol. The fraction of sp³-hybridized carbons (Fsp3) is 1.00. The second kappa shape index (κ2) is 2.98. The molecule has 3 nitrogen and oxygen atoms in total. The van der Waals surface area contributed by atoms with E-state index in [0.717, 1.165) is 13.1 Å².